The summed E-state index contributed by atoms with van der Waals surface area (Å²) >= 11 is 3.21. The molecule has 0 aromatic heterocycles. The van der Waals surface area contributed by atoms with Crippen molar-refractivity contribution in [3.8, 4) is 0 Å². The number of carbonyl (C=O) groups is 2. The highest BCUT2D eigenvalue weighted by molar-refractivity contribution is 9.10. The molecule has 5 nitrogen and oxygen atoms in total. The summed E-state index contributed by atoms with van der Waals surface area (Å²) in [5, 5.41) is 5.39. The largest absolute Gasteiger partial charge is 0.368 e. The number of hydrogen-bond donors (Lipinski definition) is 2. The molecule has 7 heteroatoms. The SMILES string of the molecule is O=C(Nc1ccc(NC(=O)C2CCCO2)cc1)c1cc(Br)ccc1F. The molecule has 0 spiro atoms. The van der Waals surface area contributed by atoms with E-state index in [2.05, 4.69) is 26.6 Å². The Kier molecular flexibility index (Phi) is 5.45. The molecule has 0 bridgehead atoms. The third-order valence-corrected chi connectivity index (χ3v) is 4.30. The van der Waals surface area contributed by atoms with Crippen LogP contribution in [-0.2, 0) is 9.53 Å². The van der Waals surface area contributed by atoms with Crippen molar-refractivity contribution < 1.29 is 18.7 Å². The predicted octanol–water partition coefficient (Wildman–Crippen LogP) is 3.96. The van der Waals surface area contributed by atoms with Crippen LogP contribution in [0.4, 0.5) is 15.8 Å². The van der Waals surface area contributed by atoms with Crippen LogP contribution in [-0.4, -0.2) is 24.5 Å². The van der Waals surface area contributed by atoms with Gasteiger partial charge >= 0.3 is 0 Å². The summed E-state index contributed by atoms with van der Waals surface area (Å²) in [7, 11) is 0. The lowest BCUT2D eigenvalue weighted by Gasteiger charge is -2.11. The second kappa shape index (κ2) is 7.76. The Hall–Kier alpha value is -2.25. The van der Waals surface area contributed by atoms with Crippen molar-refractivity contribution in [1.29, 1.82) is 0 Å². The van der Waals surface area contributed by atoms with Crippen molar-refractivity contribution in [2.24, 2.45) is 0 Å². The predicted molar refractivity (Wildman–Crippen MR) is 96.1 cm³/mol. The van der Waals surface area contributed by atoms with Gasteiger partial charge in [-0.05, 0) is 55.3 Å². The molecule has 25 heavy (non-hydrogen) atoms. The van der Waals surface area contributed by atoms with Crippen LogP contribution in [0.3, 0.4) is 0 Å². The zero-order chi connectivity index (χ0) is 17.8. The van der Waals surface area contributed by atoms with Gasteiger partial charge in [-0.3, -0.25) is 9.59 Å². The molecular weight excluding hydrogens is 391 g/mol. The average molecular weight is 407 g/mol. The molecule has 1 heterocycles. The third-order valence-electron chi connectivity index (χ3n) is 3.81. The summed E-state index contributed by atoms with van der Waals surface area (Å²) < 4.78 is 19.7. The van der Waals surface area contributed by atoms with Gasteiger partial charge in [-0.2, -0.15) is 0 Å². The molecule has 3 rings (SSSR count). The number of nitrogens with one attached hydrogen (secondary N) is 2. The van der Waals surface area contributed by atoms with E-state index in [9.17, 15) is 14.0 Å². The Morgan fingerprint density at radius 3 is 2.40 bits per heavy atom. The number of rotatable bonds is 4. The van der Waals surface area contributed by atoms with Crippen LogP contribution in [0.2, 0.25) is 0 Å². The lowest BCUT2D eigenvalue weighted by atomic mass is 10.2. The molecular formula is C18H16BrFN2O3. The van der Waals surface area contributed by atoms with E-state index in [1.165, 1.54) is 18.2 Å². The number of hydrogen-bond acceptors (Lipinski definition) is 3. The number of anilines is 2. The number of halogens is 2. The molecule has 0 saturated carbocycles. The van der Waals surface area contributed by atoms with E-state index < -0.39 is 17.8 Å². The maximum absolute atomic E-state index is 13.7. The number of benzene rings is 2. The van der Waals surface area contributed by atoms with E-state index in [0.717, 1.165) is 12.8 Å². The highest BCUT2D eigenvalue weighted by Gasteiger charge is 2.23. The zero-order valence-electron chi connectivity index (χ0n) is 13.2. The second-order valence-corrected chi connectivity index (χ2v) is 6.56. The minimum atomic E-state index is -0.596. The molecule has 1 saturated heterocycles. The van der Waals surface area contributed by atoms with Gasteiger partial charge in [-0.1, -0.05) is 15.9 Å². The third kappa shape index (κ3) is 4.43. The molecule has 1 fully saturated rings. The zero-order valence-corrected chi connectivity index (χ0v) is 14.8. The summed E-state index contributed by atoms with van der Waals surface area (Å²) in [5.41, 5.74) is 1.05. The van der Waals surface area contributed by atoms with Crippen LogP contribution in [0, 0.1) is 5.82 Å². The molecule has 1 atom stereocenters. The Bertz CT molecular complexity index is 789. The molecule has 0 radical (unpaired) electrons. The first-order valence-electron chi connectivity index (χ1n) is 7.82. The molecule has 2 N–H and O–H groups in total. The summed E-state index contributed by atoms with van der Waals surface area (Å²) in [6.45, 7) is 0.606. The van der Waals surface area contributed by atoms with Crippen LogP contribution >= 0.6 is 15.9 Å². The molecule has 2 amide bonds. The minimum Gasteiger partial charge on any atom is -0.368 e. The van der Waals surface area contributed by atoms with Crippen LogP contribution < -0.4 is 10.6 Å². The summed E-state index contributed by atoms with van der Waals surface area (Å²) in [6.07, 6.45) is 1.20. The van der Waals surface area contributed by atoms with E-state index in [4.69, 9.17) is 4.74 Å². The van der Waals surface area contributed by atoms with Crippen molar-refractivity contribution in [3.05, 3.63) is 58.3 Å². The maximum Gasteiger partial charge on any atom is 0.258 e. The fraction of sp³-hybridized carbons (Fsp3) is 0.222. The Morgan fingerprint density at radius 1 is 1.08 bits per heavy atom. The van der Waals surface area contributed by atoms with Gasteiger partial charge in [0.2, 0.25) is 0 Å². The topological polar surface area (TPSA) is 67.4 Å². The molecule has 0 aliphatic carbocycles. The molecule has 1 aliphatic heterocycles. The van der Waals surface area contributed by atoms with Gasteiger partial charge in [0.05, 0.1) is 5.56 Å². The van der Waals surface area contributed by atoms with Gasteiger partial charge in [-0.15, -0.1) is 0 Å². The monoisotopic (exact) mass is 406 g/mol. The molecule has 1 unspecified atom stereocenters. The van der Waals surface area contributed by atoms with Crippen molar-refractivity contribution in [1.82, 2.24) is 0 Å². The van der Waals surface area contributed by atoms with Crippen molar-refractivity contribution in [2.75, 3.05) is 17.2 Å². The Balaban J connectivity index is 1.63. The number of ether oxygens (including phenoxy) is 1. The van der Waals surface area contributed by atoms with Gasteiger partial charge in [0, 0.05) is 22.5 Å². The Labute approximate surface area is 152 Å². The van der Waals surface area contributed by atoms with E-state index in [1.54, 1.807) is 24.3 Å². The molecule has 2 aromatic rings. The first kappa shape index (κ1) is 17.6. The highest BCUT2D eigenvalue weighted by Crippen LogP contribution is 2.20. The molecule has 1 aliphatic rings. The summed E-state index contributed by atoms with van der Waals surface area (Å²) in [5.74, 6) is -1.32. The fourth-order valence-corrected chi connectivity index (χ4v) is 2.88. The van der Waals surface area contributed by atoms with Gasteiger partial charge in [0.15, 0.2) is 0 Å². The van der Waals surface area contributed by atoms with Crippen LogP contribution in [0.15, 0.2) is 46.9 Å². The summed E-state index contributed by atoms with van der Waals surface area (Å²) in [6, 6.07) is 10.8. The lowest BCUT2D eigenvalue weighted by Crippen LogP contribution is -2.26. The van der Waals surface area contributed by atoms with Gasteiger partial charge in [0.1, 0.15) is 11.9 Å². The first-order valence-corrected chi connectivity index (χ1v) is 8.61. The van der Waals surface area contributed by atoms with Crippen LogP contribution in [0.25, 0.3) is 0 Å². The molecule has 2 aromatic carbocycles. The van der Waals surface area contributed by atoms with E-state index in [0.29, 0.717) is 22.5 Å². The van der Waals surface area contributed by atoms with Crippen molar-refractivity contribution in [2.45, 2.75) is 18.9 Å². The maximum atomic E-state index is 13.7. The fourth-order valence-electron chi connectivity index (χ4n) is 2.51. The van der Waals surface area contributed by atoms with Gasteiger partial charge in [0.25, 0.3) is 11.8 Å². The standard InChI is InChI=1S/C18H16BrFN2O3/c19-11-3-8-15(20)14(10-11)17(23)21-12-4-6-13(7-5-12)22-18(24)16-2-1-9-25-16/h3-8,10,16H,1-2,9H2,(H,21,23)(H,22,24). The van der Waals surface area contributed by atoms with Crippen molar-refractivity contribution in [3.63, 3.8) is 0 Å². The average Bonchev–Trinajstić information content (AvgIpc) is 3.13. The minimum absolute atomic E-state index is 0.0508. The normalized spacial score (nSPS) is 16.5. The second-order valence-electron chi connectivity index (χ2n) is 5.65. The summed E-state index contributed by atoms with van der Waals surface area (Å²) in [4.78, 5) is 24.1. The number of carbonyl (C=O) groups excluding carboxylic acids is 2. The molecule has 130 valence electrons. The van der Waals surface area contributed by atoms with E-state index in [-0.39, 0.29) is 11.5 Å². The highest BCUT2D eigenvalue weighted by atomic mass is 79.9. The smallest absolute Gasteiger partial charge is 0.258 e. The van der Waals surface area contributed by atoms with E-state index in [1.807, 2.05) is 0 Å². The number of amides is 2. The first-order chi connectivity index (χ1) is 12.0. The van der Waals surface area contributed by atoms with Crippen molar-refractivity contribution >= 4 is 39.1 Å². The van der Waals surface area contributed by atoms with Crippen LogP contribution in [0.1, 0.15) is 23.2 Å². The quantitative estimate of drug-likeness (QED) is 0.807. The van der Waals surface area contributed by atoms with Gasteiger partial charge < -0.3 is 15.4 Å². The van der Waals surface area contributed by atoms with E-state index >= 15 is 0 Å². The Morgan fingerprint density at radius 2 is 1.76 bits per heavy atom. The van der Waals surface area contributed by atoms with Crippen LogP contribution in [0.5, 0.6) is 0 Å². The van der Waals surface area contributed by atoms with Gasteiger partial charge in [-0.25, -0.2) is 4.39 Å². The lowest BCUT2D eigenvalue weighted by molar-refractivity contribution is -0.124.